The van der Waals surface area contributed by atoms with Crippen LogP contribution in [-0.4, -0.2) is 34.4 Å². The smallest absolute Gasteiger partial charge is 0.342 e. The lowest BCUT2D eigenvalue weighted by molar-refractivity contribution is 0.0274. The van der Waals surface area contributed by atoms with Crippen molar-refractivity contribution in [3.8, 4) is 5.75 Å². The van der Waals surface area contributed by atoms with Gasteiger partial charge in [-0.05, 0) is 32.9 Å². The molecule has 1 atom stereocenters. The molecule has 0 fully saturated rings. The summed E-state index contributed by atoms with van der Waals surface area (Å²) in [5.74, 6) is -0.144. The molecule has 1 aromatic heterocycles. The number of rotatable bonds is 6. The quantitative estimate of drug-likeness (QED) is 0.819. The van der Waals surface area contributed by atoms with Crippen LogP contribution in [0.3, 0.4) is 0 Å². The van der Waals surface area contributed by atoms with Gasteiger partial charge in [0.1, 0.15) is 11.3 Å². The Labute approximate surface area is 134 Å². The van der Waals surface area contributed by atoms with Gasteiger partial charge in [0.05, 0.1) is 0 Å². The number of aromatic hydroxyl groups is 1. The van der Waals surface area contributed by atoms with Crippen LogP contribution >= 0.6 is 0 Å². The molecule has 0 spiro atoms. The molecule has 1 aromatic carbocycles. The highest BCUT2D eigenvalue weighted by Gasteiger charge is 2.21. The van der Waals surface area contributed by atoms with E-state index >= 15 is 0 Å². The molecule has 1 N–H and O–H groups in total. The van der Waals surface area contributed by atoms with Crippen molar-refractivity contribution in [3.05, 3.63) is 35.5 Å². The van der Waals surface area contributed by atoms with E-state index in [4.69, 9.17) is 9.15 Å². The average Bonchev–Trinajstić information content (AvgIpc) is 2.95. The normalized spacial score (nSPS) is 12.0. The molecular formula is C16H21N3O4. The number of anilines is 1. The Morgan fingerprint density at radius 3 is 2.57 bits per heavy atom. The van der Waals surface area contributed by atoms with E-state index in [1.165, 1.54) is 0 Å². The second-order valence-corrected chi connectivity index (χ2v) is 5.08. The van der Waals surface area contributed by atoms with Gasteiger partial charge in [0, 0.05) is 31.8 Å². The minimum Gasteiger partial charge on any atom is -0.507 e. The number of ether oxygens (including phenoxy) is 1. The number of esters is 1. The topological polar surface area (TPSA) is 88.7 Å². The van der Waals surface area contributed by atoms with Gasteiger partial charge < -0.3 is 19.2 Å². The summed E-state index contributed by atoms with van der Waals surface area (Å²) in [6.07, 6.45) is -0.689. The van der Waals surface area contributed by atoms with Gasteiger partial charge in [-0.25, -0.2) is 4.79 Å². The Bertz CT molecular complexity index is 680. The zero-order chi connectivity index (χ0) is 17.0. The maximum absolute atomic E-state index is 12.2. The highest BCUT2D eigenvalue weighted by atomic mass is 16.6. The summed E-state index contributed by atoms with van der Waals surface area (Å²) in [5, 5.41) is 17.6. The van der Waals surface area contributed by atoms with Crippen molar-refractivity contribution in [2.75, 3.05) is 18.0 Å². The summed E-state index contributed by atoms with van der Waals surface area (Å²) >= 11 is 0. The van der Waals surface area contributed by atoms with Crippen LogP contribution < -0.4 is 4.90 Å². The molecule has 2 aromatic rings. The van der Waals surface area contributed by atoms with Crippen molar-refractivity contribution in [1.82, 2.24) is 10.2 Å². The largest absolute Gasteiger partial charge is 0.507 e. The maximum Gasteiger partial charge on any atom is 0.342 e. The Hall–Kier alpha value is -2.57. The SMILES string of the molecule is CCN(CC)c1ccc(C(=O)O[C@@H](C)c2nnc(C)o2)c(O)c1. The van der Waals surface area contributed by atoms with Crippen LogP contribution in [0.25, 0.3) is 0 Å². The lowest BCUT2D eigenvalue weighted by atomic mass is 10.1. The molecule has 2 rings (SSSR count). The van der Waals surface area contributed by atoms with Crippen LogP contribution in [0.15, 0.2) is 22.6 Å². The fraction of sp³-hybridized carbons (Fsp3) is 0.438. The van der Waals surface area contributed by atoms with E-state index in [2.05, 4.69) is 15.1 Å². The summed E-state index contributed by atoms with van der Waals surface area (Å²) in [4.78, 5) is 14.3. The van der Waals surface area contributed by atoms with Crippen LogP contribution in [0.2, 0.25) is 0 Å². The molecule has 7 heteroatoms. The first-order chi connectivity index (χ1) is 11.0. The van der Waals surface area contributed by atoms with Gasteiger partial charge in [-0.15, -0.1) is 10.2 Å². The number of carbonyl (C=O) groups excluding carboxylic acids is 1. The van der Waals surface area contributed by atoms with Crippen LogP contribution in [0.1, 0.15) is 49.0 Å². The van der Waals surface area contributed by atoms with Gasteiger partial charge >= 0.3 is 5.97 Å². The predicted molar refractivity (Wildman–Crippen MR) is 84.5 cm³/mol. The third-order valence-electron chi connectivity index (χ3n) is 3.50. The van der Waals surface area contributed by atoms with Gasteiger partial charge in [-0.1, -0.05) is 0 Å². The Morgan fingerprint density at radius 2 is 2.04 bits per heavy atom. The second-order valence-electron chi connectivity index (χ2n) is 5.08. The standard InChI is InChI=1S/C16H21N3O4/c1-5-19(6-2)12-7-8-13(14(20)9-12)16(21)22-10(3)15-18-17-11(4)23-15/h7-10,20H,5-6H2,1-4H3/t10-/m0/s1. The first kappa shape index (κ1) is 16.8. The molecule has 23 heavy (non-hydrogen) atoms. The zero-order valence-electron chi connectivity index (χ0n) is 13.7. The average molecular weight is 319 g/mol. The number of aromatic nitrogens is 2. The van der Waals surface area contributed by atoms with Gasteiger partial charge in [0.15, 0.2) is 6.10 Å². The third-order valence-corrected chi connectivity index (χ3v) is 3.50. The number of benzene rings is 1. The number of phenols is 1. The molecule has 0 bridgehead atoms. The number of hydrogen-bond donors (Lipinski definition) is 1. The molecule has 0 saturated carbocycles. The predicted octanol–water partition coefficient (Wildman–Crippen LogP) is 2.85. The van der Waals surface area contributed by atoms with Gasteiger partial charge in [-0.3, -0.25) is 0 Å². The van der Waals surface area contributed by atoms with Gasteiger partial charge in [-0.2, -0.15) is 0 Å². The van der Waals surface area contributed by atoms with Crippen molar-refractivity contribution in [2.24, 2.45) is 0 Å². The summed E-state index contributed by atoms with van der Waals surface area (Å²) in [7, 11) is 0. The zero-order valence-corrected chi connectivity index (χ0v) is 13.7. The number of hydrogen-bond acceptors (Lipinski definition) is 7. The highest BCUT2D eigenvalue weighted by Crippen LogP contribution is 2.27. The Kier molecular flexibility index (Phi) is 5.20. The van der Waals surface area contributed by atoms with Crippen molar-refractivity contribution in [3.63, 3.8) is 0 Å². The lowest BCUT2D eigenvalue weighted by Gasteiger charge is -2.21. The number of phenolic OH excluding ortho intramolecular Hbond substituents is 1. The van der Waals surface area contributed by atoms with Crippen molar-refractivity contribution < 1.29 is 19.1 Å². The molecular weight excluding hydrogens is 298 g/mol. The van der Waals surface area contributed by atoms with Gasteiger partial charge in [0.2, 0.25) is 5.89 Å². The Morgan fingerprint density at radius 1 is 1.35 bits per heavy atom. The Balaban J connectivity index is 2.13. The molecule has 0 amide bonds. The van der Waals surface area contributed by atoms with Crippen molar-refractivity contribution in [2.45, 2.75) is 33.8 Å². The van der Waals surface area contributed by atoms with Gasteiger partial charge in [0.25, 0.3) is 5.89 Å². The summed E-state index contributed by atoms with van der Waals surface area (Å²) in [6, 6.07) is 4.90. The number of aryl methyl sites for hydroxylation is 1. The van der Waals surface area contributed by atoms with E-state index in [0.717, 1.165) is 18.8 Å². The van der Waals surface area contributed by atoms with Crippen molar-refractivity contribution in [1.29, 1.82) is 0 Å². The molecule has 0 saturated heterocycles. The molecule has 1 heterocycles. The molecule has 0 aliphatic carbocycles. The van der Waals surface area contributed by atoms with Crippen LogP contribution in [0, 0.1) is 6.92 Å². The third kappa shape index (κ3) is 3.80. The summed E-state index contributed by atoms with van der Waals surface area (Å²) in [5.41, 5.74) is 0.952. The van der Waals surface area contributed by atoms with Crippen LogP contribution in [-0.2, 0) is 4.74 Å². The molecule has 0 radical (unpaired) electrons. The maximum atomic E-state index is 12.2. The first-order valence-electron chi connectivity index (χ1n) is 7.55. The van der Waals surface area contributed by atoms with Crippen LogP contribution in [0.5, 0.6) is 5.75 Å². The minimum atomic E-state index is -0.689. The van der Waals surface area contributed by atoms with E-state index in [1.807, 2.05) is 13.8 Å². The summed E-state index contributed by atoms with van der Waals surface area (Å²) < 4.78 is 10.5. The second kappa shape index (κ2) is 7.13. The van der Waals surface area contributed by atoms with E-state index in [1.54, 1.807) is 32.0 Å². The number of carbonyl (C=O) groups is 1. The minimum absolute atomic E-state index is 0.101. The molecule has 0 aliphatic rings. The first-order valence-corrected chi connectivity index (χ1v) is 7.55. The molecule has 7 nitrogen and oxygen atoms in total. The lowest BCUT2D eigenvalue weighted by Crippen LogP contribution is -2.21. The van der Waals surface area contributed by atoms with E-state index < -0.39 is 12.1 Å². The van der Waals surface area contributed by atoms with Crippen LogP contribution in [0.4, 0.5) is 5.69 Å². The van der Waals surface area contributed by atoms with Crippen molar-refractivity contribution >= 4 is 11.7 Å². The summed E-state index contributed by atoms with van der Waals surface area (Å²) in [6.45, 7) is 8.96. The molecule has 0 unspecified atom stereocenters. The fourth-order valence-electron chi connectivity index (χ4n) is 2.23. The van der Waals surface area contributed by atoms with E-state index in [9.17, 15) is 9.90 Å². The number of nitrogens with zero attached hydrogens (tertiary/aromatic N) is 3. The van der Waals surface area contributed by atoms with E-state index in [0.29, 0.717) is 5.89 Å². The molecule has 0 aliphatic heterocycles. The monoisotopic (exact) mass is 319 g/mol. The highest BCUT2D eigenvalue weighted by molar-refractivity contribution is 5.93. The molecule has 124 valence electrons. The van der Waals surface area contributed by atoms with E-state index in [-0.39, 0.29) is 17.2 Å². The fourth-order valence-corrected chi connectivity index (χ4v) is 2.23.